The Hall–Kier alpha value is -1.72. The number of hydrogen-bond donors (Lipinski definition) is 0. The SMILES string of the molecule is C=N/C(=N\C)c1cccc(C(F)(F)F)n1. The first-order chi connectivity index (χ1) is 6.99. The second-order valence-corrected chi connectivity index (χ2v) is 2.61. The van der Waals surface area contributed by atoms with Crippen molar-refractivity contribution in [2.75, 3.05) is 7.05 Å². The Labute approximate surface area is 84.4 Å². The minimum Gasteiger partial charge on any atom is -0.268 e. The molecule has 0 saturated heterocycles. The van der Waals surface area contributed by atoms with Crippen molar-refractivity contribution in [3.05, 3.63) is 29.6 Å². The van der Waals surface area contributed by atoms with E-state index in [0.717, 1.165) is 6.07 Å². The predicted molar refractivity (Wildman–Crippen MR) is 51.2 cm³/mol. The molecule has 1 heterocycles. The molecule has 0 N–H and O–H groups in total. The lowest BCUT2D eigenvalue weighted by atomic mass is 10.3. The van der Waals surface area contributed by atoms with E-state index in [0.29, 0.717) is 0 Å². The van der Waals surface area contributed by atoms with Crippen molar-refractivity contribution in [2.45, 2.75) is 6.18 Å². The van der Waals surface area contributed by atoms with E-state index in [4.69, 9.17) is 0 Å². The molecule has 3 nitrogen and oxygen atoms in total. The molecule has 15 heavy (non-hydrogen) atoms. The topological polar surface area (TPSA) is 37.6 Å². The van der Waals surface area contributed by atoms with Crippen LogP contribution in [-0.4, -0.2) is 24.6 Å². The van der Waals surface area contributed by atoms with Crippen molar-refractivity contribution in [1.29, 1.82) is 0 Å². The van der Waals surface area contributed by atoms with Crippen molar-refractivity contribution in [3.63, 3.8) is 0 Å². The van der Waals surface area contributed by atoms with E-state index in [1.54, 1.807) is 0 Å². The van der Waals surface area contributed by atoms with E-state index in [1.165, 1.54) is 19.2 Å². The second-order valence-electron chi connectivity index (χ2n) is 2.61. The summed E-state index contributed by atoms with van der Waals surface area (Å²) in [6, 6.07) is 3.54. The molecule has 6 heteroatoms. The Kier molecular flexibility index (Phi) is 3.18. The summed E-state index contributed by atoms with van der Waals surface area (Å²) >= 11 is 0. The van der Waals surface area contributed by atoms with Crippen LogP contribution in [0.2, 0.25) is 0 Å². The van der Waals surface area contributed by atoms with Crippen LogP contribution in [0.15, 0.2) is 28.2 Å². The zero-order chi connectivity index (χ0) is 11.5. The highest BCUT2D eigenvalue weighted by Gasteiger charge is 2.32. The number of nitrogens with zero attached hydrogens (tertiary/aromatic N) is 3. The van der Waals surface area contributed by atoms with Gasteiger partial charge in [-0.2, -0.15) is 13.2 Å². The van der Waals surface area contributed by atoms with Gasteiger partial charge in [0.25, 0.3) is 0 Å². The van der Waals surface area contributed by atoms with Gasteiger partial charge in [0.05, 0.1) is 0 Å². The summed E-state index contributed by atoms with van der Waals surface area (Å²) in [5.74, 6) is 0.0844. The molecule has 0 amide bonds. The van der Waals surface area contributed by atoms with E-state index in [-0.39, 0.29) is 11.5 Å². The predicted octanol–water partition coefficient (Wildman–Crippen LogP) is 2.18. The molecule has 0 spiro atoms. The van der Waals surface area contributed by atoms with Crippen LogP contribution in [-0.2, 0) is 6.18 Å². The van der Waals surface area contributed by atoms with Gasteiger partial charge >= 0.3 is 6.18 Å². The van der Waals surface area contributed by atoms with E-state index in [1.807, 2.05) is 0 Å². The Morgan fingerprint density at radius 1 is 1.40 bits per heavy atom. The maximum absolute atomic E-state index is 12.3. The molecule has 1 rings (SSSR count). The fraction of sp³-hybridized carbons (Fsp3) is 0.222. The molecule has 0 unspecified atom stereocenters. The summed E-state index contributed by atoms with van der Waals surface area (Å²) < 4.78 is 36.9. The number of amidine groups is 1. The first kappa shape index (κ1) is 11.4. The lowest BCUT2D eigenvalue weighted by molar-refractivity contribution is -0.141. The van der Waals surface area contributed by atoms with Gasteiger partial charge < -0.3 is 0 Å². The van der Waals surface area contributed by atoms with Crippen molar-refractivity contribution in [1.82, 2.24) is 4.98 Å². The number of aliphatic imine (C=N–C) groups is 2. The number of pyridine rings is 1. The Balaban J connectivity index is 3.19. The van der Waals surface area contributed by atoms with Gasteiger partial charge in [0.2, 0.25) is 0 Å². The average molecular weight is 215 g/mol. The smallest absolute Gasteiger partial charge is 0.268 e. The van der Waals surface area contributed by atoms with Gasteiger partial charge in [-0.15, -0.1) is 0 Å². The molecule has 0 aromatic carbocycles. The Bertz CT molecular complexity index is 396. The van der Waals surface area contributed by atoms with Gasteiger partial charge in [-0.1, -0.05) is 6.07 Å². The molecule has 0 aliphatic rings. The third kappa shape index (κ3) is 2.61. The second kappa shape index (κ2) is 4.20. The third-order valence-electron chi connectivity index (χ3n) is 1.63. The summed E-state index contributed by atoms with van der Waals surface area (Å²) in [4.78, 5) is 10.5. The zero-order valence-electron chi connectivity index (χ0n) is 7.91. The Morgan fingerprint density at radius 3 is 2.53 bits per heavy atom. The molecular weight excluding hydrogens is 207 g/mol. The molecule has 0 radical (unpaired) electrons. The van der Waals surface area contributed by atoms with Crippen molar-refractivity contribution < 1.29 is 13.2 Å². The van der Waals surface area contributed by atoms with E-state index < -0.39 is 11.9 Å². The minimum atomic E-state index is -4.46. The molecule has 0 saturated carbocycles. The van der Waals surface area contributed by atoms with Crippen molar-refractivity contribution in [3.8, 4) is 0 Å². The Morgan fingerprint density at radius 2 is 2.07 bits per heavy atom. The van der Waals surface area contributed by atoms with Crippen molar-refractivity contribution in [2.24, 2.45) is 9.98 Å². The van der Waals surface area contributed by atoms with Gasteiger partial charge in [-0.05, 0) is 18.9 Å². The summed E-state index contributed by atoms with van der Waals surface area (Å²) in [6.07, 6.45) is -4.46. The molecule has 1 aromatic rings. The lowest BCUT2D eigenvalue weighted by Gasteiger charge is -2.06. The van der Waals surface area contributed by atoms with E-state index in [9.17, 15) is 13.2 Å². The average Bonchev–Trinajstić information content (AvgIpc) is 2.19. The summed E-state index contributed by atoms with van der Waals surface area (Å²) in [5.41, 5.74) is -0.910. The molecule has 0 fully saturated rings. The van der Waals surface area contributed by atoms with E-state index >= 15 is 0 Å². The van der Waals surface area contributed by atoms with Gasteiger partial charge in [0.15, 0.2) is 5.84 Å². The highest BCUT2D eigenvalue weighted by molar-refractivity contribution is 5.99. The number of halogens is 3. The van der Waals surface area contributed by atoms with Crippen LogP contribution in [0.1, 0.15) is 11.4 Å². The van der Waals surface area contributed by atoms with Crippen LogP contribution in [0.25, 0.3) is 0 Å². The molecule has 0 aliphatic carbocycles. The number of hydrogen-bond acceptors (Lipinski definition) is 2. The van der Waals surface area contributed by atoms with Gasteiger partial charge in [-0.3, -0.25) is 4.99 Å². The number of aromatic nitrogens is 1. The highest BCUT2D eigenvalue weighted by Crippen LogP contribution is 2.27. The maximum Gasteiger partial charge on any atom is 0.433 e. The molecular formula is C9H8F3N3. The molecule has 0 aliphatic heterocycles. The normalized spacial score (nSPS) is 12.7. The third-order valence-corrected chi connectivity index (χ3v) is 1.63. The molecule has 80 valence electrons. The highest BCUT2D eigenvalue weighted by atomic mass is 19.4. The summed E-state index contributed by atoms with van der Waals surface area (Å²) in [7, 11) is 1.41. The number of rotatable bonds is 1. The van der Waals surface area contributed by atoms with Crippen LogP contribution < -0.4 is 0 Å². The van der Waals surface area contributed by atoms with Gasteiger partial charge in [-0.25, -0.2) is 9.98 Å². The maximum atomic E-state index is 12.3. The van der Waals surface area contributed by atoms with E-state index in [2.05, 4.69) is 21.7 Å². The largest absolute Gasteiger partial charge is 0.433 e. The van der Waals surface area contributed by atoms with Crippen LogP contribution in [0, 0.1) is 0 Å². The fourth-order valence-electron chi connectivity index (χ4n) is 0.983. The lowest BCUT2D eigenvalue weighted by Crippen LogP contribution is -2.11. The fourth-order valence-corrected chi connectivity index (χ4v) is 0.983. The summed E-state index contributed by atoms with van der Waals surface area (Å²) in [5, 5.41) is 0. The monoisotopic (exact) mass is 215 g/mol. The molecule has 1 aromatic heterocycles. The minimum absolute atomic E-state index is 0.0577. The van der Waals surface area contributed by atoms with Gasteiger partial charge in [0, 0.05) is 7.05 Å². The number of alkyl halides is 3. The molecule has 0 bridgehead atoms. The zero-order valence-corrected chi connectivity index (χ0v) is 7.91. The van der Waals surface area contributed by atoms with Gasteiger partial charge in [0.1, 0.15) is 11.4 Å². The van der Waals surface area contributed by atoms with Crippen LogP contribution in [0.3, 0.4) is 0 Å². The summed E-state index contributed by atoms with van der Waals surface area (Å²) in [6.45, 7) is 3.20. The van der Waals surface area contributed by atoms with Crippen molar-refractivity contribution >= 4 is 12.6 Å². The standard InChI is InChI=1S/C9H8F3N3/c1-13-8(14-2)6-4-3-5-7(15-6)9(10,11)12/h3-5H,1H2,2H3/b14-8-. The quantitative estimate of drug-likeness (QED) is 0.522. The first-order valence-electron chi connectivity index (χ1n) is 3.97. The van der Waals surface area contributed by atoms with Crippen LogP contribution in [0.4, 0.5) is 13.2 Å². The van der Waals surface area contributed by atoms with Crippen LogP contribution >= 0.6 is 0 Å². The molecule has 0 atom stereocenters. The first-order valence-corrected chi connectivity index (χ1v) is 3.97. The van der Waals surface area contributed by atoms with Crippen LogP contribution in [0.5, 0.6) is 0 Å².